The molecule has 27 heavy (non-hydrogen) atoms. The number of rotatable bonds is 6. The number of benzene rings is 1. The van der Waals surface area contributed by atoms with Gasteiger partial charge in [0.2, 0.25) is 0 Å². The first-order valence-corrected chi connectivity index (χ1v) is 8.35. The van der Waals surface area contributed by atoms with Gasteiger partial charge in [-0.25, -0.2) is 4.79 Å². The van der Waals surface area contributed by atoms with E-state index in [4.69, 9.17) is 14.2 Å². The third kappa shape index (κ3) is 4.36. The molecule has 0 fully saturated rings. The zero-order chi connectivity index (χ0) is 20.3. The van der Waals surface area contributed by atoms with Gasteiger partial charge in [0.15, 0.2) is 18.0 Å². The molecule has 0 aromatic heterocycles. The average molecular weight is 374 g/mol. The maximum atomic E-state index is 12.3. The summed E-state index contributed by atoms with van der Waals surface area (Å²) >= 11 is 0. The molecule has 0 spiro atoms. The smallest absolute Gasteiger partial charge is 0.334 e. The number of carbonyl (C=O) groups is 3. The van der Waals surface area contributed by atoms with Gasteiger partial charge in [-0.2, -0.15) is 0 Å². The second-order valence-corrected chi connectivity index (χ2v) is 6.24. The lowest BCUT2D eigenvalue weighted by molar-refractivity contribution is -0.148. The van der Waals surface area contributed by atoms with Crippen molar-refractivity contribution >= 4 is 17.7 Å². The molecule has 0 bridgehead atoms. The highest BCUT2D eigenvalue weighted by molar-refractivity contribution is 5.97. The van der Waals surface area contributed by atoms with Crippen LogP contribution in [0, 0.1) is 0 Å². The molecule has 7 heteroatoms. The fourth-order valence-electron chi connectivity index (χ4n) is 2.58. The fourth-order valence-corrected chi connectivity index (χ4v) is 2.58. The van der Waals surface area contributed by atoms with Gasteiger partial charge in [-0.05, 0) is 26.8 Å². The van der Waals surface area contributed by atoms with Crippen molar-refractivity contribution in [2.75, 3.05) is 6.61 Å². The van der Waals surface area contributed by atoms with Crippen LogP contribution in [0.25, 0.3) is 0 Å². The summed E-state index contributed by atoms with van der Waals surface area (Å²) in [6, 6.07) is 2.74. The number of ketones is 1. The van der Waals surface area contributed by atoms with E-state index < -0.39 is 24.1 Å². The third-order valence-electron chi connectivity index (χ3n) is 4.20. The predicted octanol–water partition coefficient (Wildman–Crippen LogP) is 3.03. The lowest BCUT2D eigenvalue weighted by atomic mass is 9.98. The summed E-state index contributed by atoms with van der Waals surface area (Å²) in [7, 11) is 0. The maximum Gasteiger partial charge on any atom is 0.334 e. The number of fused-ring (bicyclic) bond motifs is 1. The van der Waals surface area contributed by atoms with E-state index in [1.165, 1.54) is 26.0 Å². The molecule has 0 saturated heterocycles. The van der Waals surface area contributed by atoms with Crippen LogP contribution in [-0.4, -0.2) is 35.5 Å². The zero-order valence-electron chi connectivity index (χ0n) is 15.7. The summed E-state index contributed by atoms with van der Waals surface area (Å²) < 4.78 is 16.3. The van der Waals surface area contributed by atoms with Gasteiger partial charge in [0, 0.05) is 29.7 Å². The van der Waals surface area contributed by atoms with Crippen LogP contribution in [0.1, 0.15) is 49.7 Å². The zero-order valence-corrected chi connectivity index (χ0v) is 15.7. The molecule has 1 aromatic rings. The van der Waals surface area contributed by atoms with E-state index in [0.717, 1.165) is 0 Å². The minimum atomic E-state index is -0.899. The molecule has 1 aliphatic rings. The van der Waals surface area contributed by atoms with Gasteiger partial charge in [-0.3, -0.25) is 9.59 Å². The van der Waals surface area contributed by atoms with Gasteiger partial charge in [-0.15, -0.1) is 0 Å². The summed E-state index contributed by atoms with van der Waals surface area (Å²) in [4.78, 5) is 35.1. The van der Waals surface area contributed by atoms with Crippen LogP contribution in [0.2, 0.25) is 0 Å². The highest BCUT2D eigenvalue weighted by Crippen LogP contribution is 2.44. The molecule has 144 valence electrons. The number of carbonyl (C=O) groups excluding carboxylic acids is 3. The Morgan fingerprint density at radius 2 is 1.93 bits per heavy atom. The Bertz CT molecular complexity index is 835. The monoisotopic (exact) mass is 374 g/mol. The Morgan fingerprint density at radius 1 is 1.26 bits per heavy atom. The number of phenolic OH excluding ortho intramolecular Hbond substituents is 1. The Labute approximate surface area is 157 Å². The molecule has 0 saturated carbocycles. The van der Waals surface area contributed by atoms with Gasteiger partial charge in [0.25, 0.3) is 0 Å². The van der Waals surface area contributed by atoms with Gasteiger partial charge < -0.3 is 19.3 Å². The van der Waals surface area contributed by atoms with Crippen LogP contribution in [0.3, 0.4) is 0 Å². The summed E-state index contributed by atoms with van der Waals surface area (Å²) in [5.41, 5.74) is 1.30. The molecule has 1 N–H and O–H groups in total. The third-order valence-corrected chi connectivity index (χ3v) is 4.20. The lowest BCUT2D eigenvalue weighted by Gasteiger charge is -2.21. The minimum absolute atomic E-state index is 0.0902. The van der Waals surface area contributed by atoms with Crippen molar-refractivity contribution in [3.63, 3.8) is 0 Å². The molecular weight excluding hydrogens is 352 g/mol. The maximum absolute atomic E-state index is 12.3. The number of ether oxygens (including phenoxy) is 3. The second-order valence-electron chi connectivity index (χ2n) is 6.24. The molecule has 2 unspecified atom stereocenters. The van der Waals surface area contributed by atoms with E-state index in [2.05, 4.69) is 6.58 Å². The first kappa shape index (κ1) is 20.2. The van der Waals surface area contributed by atoms with Crippen molar-refractivity contribution < 1.29 is 33.7 Å². The van der Waals surface area contributed by atoms with E-state index in [-0.39, 0.29) is 29.5 Å². The SMILES string of the molecule is C=C(COC(C)=O)C1Oc2cc(O)c(C(C)=O)cc2C1OC(=O)C(C)=CC. The van der Waals surface area contributed by atoms with Crippen LogP contribution >= 0.6 is 0 Å². The number of Topliss-reactive ketones (excluding diaryl/α,β-unsaturated/α-hetero) is 1. The van der Waals surface area contributed by atoms with Crippen LogP contribution < -0.4 is 4.74 Å². The number of allylic oxidation sites excluding steroid dienone is 1. The largest absolute Gasteiger partial charge is 0.507 e. The Kier molecular flexibility index (Phi) is 6.05. The van der Waals surface area contributed by atoms with Crippen molar-refractivity contribution in [1.82, 2.24) is 0 Å². The predicted molar refractivity (Wildman–Crippen MR) is 96.6 cm³/mol. The summed E-state index contributed by atoms with van der Waals surface area (Å²) in [5.74, 6) is -1.35. The standard InChI is InChI=1S/C20H22O7/c1-6-10(2)20(24)27-19-15-7-14(12(4)21)16(23)8-17(15)26-18(19)11(3)9-25-13(5)22/h6-8,18-19,23H,3,9H2,1-2,4-5H3. The highest BCUT2D eigenvalue weighted by atomic mass is 16.6. The molecule has 1 aromatic carbocycles. The van der Waals surface area contributed by atoms with Crippen LogP contribution in [0.5, 0.6) is 11.5 Å². The van der Waals surface area contributed by atoms with E-state index in [1.807, 2.05) is 0 Å². The summed E-state index contributed by atoms with van der Waals surface area (Å²) in [6.45, 7) is 9.64. The molecule has 1 heterocycles. The molecular formula is C20H22O7. The van der Waals surface area contributed by atoms with E-state index in [1.54, 1.807) is 19.9 Å². The fraction of sp³-hybridized carbons (Fsp3) is 0.350. The van der Waals surface area contributed by atoms with Crippen LogP contribution in [0.15, 0.2) is 35.9 Å². The van der Waals surface area contributed by atoms with Gasteiger partial charge in [-0.1, -0.05) is 12.7 Å². The molecule has 7 nitrogen and oxygen atoms in total. The second kappa shape index (κ2) is 8.07. The van der Waals surface area contributed by atoms with Crippen LogP contribution in [-0.2, 0) is 19.1 Å². The lowest BCUT2D eigenvalue weighted by Crippen LogP contribution is -2.28. The van der Waals surface area contributed by atoms with Gasteiger partial charge in [0.1, 0.15) is 18.1 Å². The Balaban J connectivity index is 2.42. The van der Waals surface area contributed by atoms with Gasteiger partial charge >= 0.3 is 11.9 Å². The van der Waals surface area contributed by atoms with Gasteiger partial charge in [0.05, 0.1) is 5.56 Å². The molecule has 0 amide bonds. The molecule has 2 rings (SSSR count). The van der Waals surface area contributed by atoms with Crippen molar-refractivity contribution in [2.45, 2.75) is 39.9 Å². The Morgan fingerprint density at radius 3 is 2.48 bits per heavy atom. The topological polar surface area (TPSA) is 99.1 Å². The number of aromatic hydroxyl groups is 1. The van der Waals surface area contributed by atoms with E-state index in [0.29, 0.717) is 16.7 Å². The molecule has 0 radical (unpaired) electrons. The van der Waals surface area contributed by atoms with E-state index in [9.17, 15) is 19.5 Å². The number of phenols is 1. The van der Waals surface area contributed by atoms with Crippen molar-refractivity contribution in [3.05, 3.63) is 47.1 Å². The normalized spacial score (nSPS) is 18.3. The quantitative estimate of drug-likeness (QED) is 0.354. The Hall–Kier alpha value is -3.09. The van der Waals surface area contributed by atoms with E-state index >= 15 is 0 Å². The molecule has 1 aliphatic heterocycles. The average Bonchev–Trinajstić information content (AvgIpc) is 2.95. The first-order valence-electron chi connectivity index (χ1n) is 8.35. The highest BCUT2D eigenvalue weighted by Gasteiger charge is 2.40. The van der Waals surface area contributed by atoms with Crippen molar-refractivity contribution in [2.24, 2.45) is 0 Å². The summed E-state index contributed by atoms with van der Waals surface area (Å²) in [6.07, 6.45) is -0.113. The van der Waals surface area contributed by atoms with Crippen molar-refractivity contribution in [1.29, 1.82) is 0 Å². The first-order chi connectivity index (χ1) is 12.6. The number of hydrogen-bond donors (Lipinski definition) is 1. The summed E-state index contributed by atoms with van der Waals surface area (Å²) in [5, 5.41) is 10.0. The number of esters is 2. The minimum Gasteiger partial charge on any atom is -0.507 e. The number of hydrogen-bond acceptors (Lipinski definition) is 7. The molecule has 2 atom stereocenters. The van der Waals surface area contributed by atoms with Crippen molar-refractivity contribution in [3.8, 4) is 11.5 Å². The molecule has 0 aliphatic carbocycles. The van der Waals surface area contributed by atoms with Crippen LogP contribution in [0.4, 0.5) is 0 Å².